The Labute approximate surface area is 219 Å². The van der Waals surface area contributed by atoms with Crippen molar-refractivity contribution in [2.24, 2.45) is 23.2 Å². The molecule has 0 aromatic heterocycles. The summed E-state index contributed by atoms with van der Waals surface area (Å²) in [6.07, 6.45) is 9.20. The quantitative estimate of drug-likeness (QED) is 0.428. The van der Waals surface area contributed by atoms with E-state index < -0.39 is 34.2 Å². The van der Waals surface area contributed by atoms with Gasteiger partial charge in [-0.1, -0.05) is 58.9 Å². The van der Waals surface area contributed by atoms with Crippen LogP contribution in [0.2, 0.25) is 0 Å². The van der Waals surface area contributed by atoms with E-state index in [0.29, 0.717) is 13.0 Å². The number of aliphatic hydroxyl groups is 1. The lowest BCUT2D eigenvalue weighted by Crippen LogP contribution is -2.60. The van der Waals surface area contributed by atoms with Gasteiger partial charge in [-0.25, -0.2) is 0 Å². The molecule has 200 valence electrons. The van der Waals surface area contributed by atoms with Crippen molar-refractivity contribution >= 4 is 29.5 Å². The van der Waals surface area contributed by atoms with Crippen LogP contribution in [0.1, 0.15) is 61.3 Å². The molecule has 4 heterocycles. The first kappa shape index (κ1) is 27.2. The third kappa shape index (κ3) is 4.53. The van der Waals surface area contributed by atoms with Crippen LogP contribution in [0.4, 0.5) is 0 Å². The van der Waals surface area contributed by atoms with Crippen molar-refractivity contribution in [1.82, 2.24) is 9.80 Å². The number of likely N-dealkylation sites (tertiary alicyclic amines) is 1. The molecule has 7 nitrogen and oxygen atoms in total. The van der Waals surface area contributed by atoms with Crippen LogP contribution in [0.15, 0.2) is 24.3 Å². The summed E-state index contributed by atoms with van der Waals surface area (Å²) in [6.45, 7) is 15.2. The van der Waals surface area contributed by atoms with Crippen LogP contribution in [0, 0.1) is 23.2 Å². The maximum absolute atomic E-state index is 14.6. The van der Waals surface area contributed by atoms with Crippen LogP contribution in [-0.4, -0.2) is 80.1 Å². The molecule has 0 radical (unpaired) electrons. The number of carbonyl (C=O) groups excluding carboxylic acids is 3. The molecule has 1 unspecified atom stereocenters. The van der Waals surface area contributed by atoms with Gasteiger partial charge in [-0.05, 0) is 38.0 Å². The van der Waals surface area contributed by atoms with Crippen molar-refractivity contribution in [3.8, 4) is 0 Å². The molecule has 1 N–H and O–H groups in total. The Hall–Kier alpha value is -1.80. The van der Waals surface area contributed by atoms with Gasteiger partial charge in [0.25, 0.3) is 0 Å². The molecule has 36 heavy (non-hydrogen) atoms. The fourth-order valence-electron chi connectivity index (χ4n) is 7.06. The highest BCUT2D eigenvalue weighted by molar-refractivity contribution is 8.02. The van der Waals surface area contributed by atoms with E-state index in [2.05, 4.69) is 34.6 Å². The normalized spacial score (nSPS) is 33.3. The van der Waals surface area contributed by atoms with Gasteiger partial charge < -0.3 is 19.6 Å². The molecule has 1 spiro atoms. The Bertz CT molecular complexity index is 967. The van der Waals surface area contributed by atoms with E-state index in [1.54, 1.807) is 16.7 Å². The Morgan fingerprint density at radius 1 is 1.14 bits per heavy atom. The number of aliphatic hydroxyl groups excluding tert-OH is 1. The van der Waals surface area contributed by atoms with Crippen LogP contribution in [0.3, 0.4) is 0 Å². The second-order valence-electron chi connectivity index (χ2n) is 13.0. The first-order valence-electron chi connectivity index (χ1n) is 13.2. The van der Waals surface area contributed by atoms with Crippen molar-refractivity contribution in [3.63, 3.8) is 0 Å². The van der Waals surface area contributed by atoms with Gasteiger partial charge in [0.1, 0.15) is 12.6 Å². The molecule has 0 aliphatic carbocycles. The van der Waals surface area contributed by atoms with Crippen LogP contribution in [-0.2, 0) is 19.1 Å². The standard InChI is InChI=1S/C28H42N2O5S/c1-17(2)14-18(15-31)30-22-24(33)29(27(6,7)16-26(3,4)5)12-9-11-28(22)21(23(30)32)20-19(36-28)10-8-13-35-25(20)34/h8-11,17-22,31H,12-16H2,1-7H3/t18-,19+,20-,21+,22?,28+/m1/s1. The molecule has 8 heteroatoms. The van der Waals surface area contributed by atoms with E-state index in [4.69, 9.17) is 4.74 Å². The lowest BCUT2D eigenvalue weighted by Gasteiger charge is -2.45. The molecule has 6 atom stereocenters. The fraction of sp³-hybridized carbons (Fsp3) is 0.750. The van der Waals surface area contributed by atoms with E-state index in [0.717, 1.165) is 6.42 Å². The third-order valence-corrected chi connectivity index (χ3v) is 9.64. The van der Waals surface area contributed by atoms with Gasteiger partial charge in [0, 0.05) is 17.3 Å². The van der Waals surface area contributed by atoms with E-state index in [9.17, 15) is 19.5 Å². The van der Waals surface area contributed by atoms with E-state index in [-0.39, 0.29) is 47.6 Å². The molecule has 0 bridgehead atoms. The van der Waals surface area contributed by atoms with Crippen molar-refractivity contribution in [2.45, 2.75) is 88.9 Å². The highest BCUT2D eigenvalue weighted by Crippen LogP contribution is 2.61. The number of hydrogen-bond donors (Lipinski definition) is 1. The summed E-state index contributed by atoms with van der Waals surface area (Å²) in [7, 11) is 0. The van der Waals surface area contributed by atoms with Crippen LogP contribution in [0.25, 0.3) is 0 Å². The van der Waals surface area contributed by atoms with Gasteiger partial charge in [-0.3, -0.25) is 14.4 Å². The monoisotopic (exact) mass is 518 g/mol. The second kappa shape index (κ2) is 9.50. The second-order valence-corrected chi connectivity index (χ2v) is 14.5. The van der Waals surface area contributed by atoms with Gasteiger partial charge in [0.2, 0.25) is 11.8 Å². The zero-order valence-electron chi connectivity index (χ0n) is 22.7. The molecule has 2 saturated heterocycles. The molecular formula is C28H42N2O5S. The van der Waals surface area contributed by atoms with Crippen LogP contribution < -0.4 is 0 Å². The number of fused-ring (bicyclic) bond motifs is 2. The average Bonchev–Trinajstić information content (AvgIpc) is 3.04. The summed E-state index contributed by atoms with van der Waals surface area (Å²) < 4.78 is 4.56. The summed E-state index contributed by atoms with van der Waals surface area (Å²) in [5, 5.41) is 10.2. The fourth-order valence-corrected chi connectivity index (χ4v) is 9.05. The summed E-state index contributed by atoms with van der Waals surface area (Å²) in [6, 6.07) is -1.29. The van der Waals surface area contributed by atoms with E-state index in [1.807, 2.05) is 43.1 Å². The smallest absolute Gasteiger partial charge is 0.311 e. The van der Waals surface area contributed by atoms with E-state index >= 15 is 0 Å². The molecule has 2 fully saturated rings. The lowest BCUT2D eigenvalue weighted by atomic mass is 9.78. The van der Waals surface area contributed by atoms with Crippen molar-refractivity contribution in [3.05, 3.63) is 24.3 Å². The predicted molar refractivity (Wildman–Crippen MR) is 141 cm³/mol. The first-order valence-corrected chi connectivity index (χ1v) is 14.0. The Kier molecular flexibility index (Phi) is 7.19. The number of cyclic esters (lactones) is 1. The molecular weight excluding hydrogens is 476 g/mol. The minimum atomic E-state index is -0.888. The minimum Gasteiger partial charge on any atom is -0.461 e. The topological polar surface area (TPSA) is 87.2 Å². The maximum atomic E-state index is 14.6. The molecule has 0 aromatic carbocycles. The Morgan fingerprint density at radius 3 is 2.44 bits per heavy atom. The largest absolute Gasteiger partial charge is 0.461 e. The molecule has 0 aromatic rings. The summed E-state index contributed by atoms with van der Waals surface area (Å²) in [4.78, 5) is 45.5. The zero-order valence-corrected chi connectivity index (χ0v) is 23.5. The number of amides is 2. The number of nitrogens with zero attached hydrogens (tertiary/aromatic N) is 2. The van der Waals surface area contributed by atoms with Gasteiger partial charge in [-0.15, -0.1) is 11.8 Å². The van der Waals surface area contributed by atoms with Crippen molar-refractivity contribution in [2.75, 3.05) is 19.8 Å². The first-order chi connectivity index (χ1) is 16.7. The summed E-state index contributed by atoms with van der Waals surface area (Å²) in [5.74, 6) is -1.84. The number of ether oxygens (including phenoxy) is 1. The lowest BCUT2D eigenvalue weighted by molar-refractivity contribution is -0.153. The van der Waals surface area contributed by atoms with Gasteiger partial charge in [-0.2, -0.15) is 0 Å². The number of thioether (sulfide) groups is 1. The molecule has 4 aliphatic heterocycles. The van der Waals surface area contributed by atoms with E-state index in [1.165, 1.54) is 0 Å². The molecule has 2 amide bonds. The molecule has 4 rings (SSSR count). The van der Waals surface area contributed by atoms with Gasteiger partial charge in [0.05, 0.1) is 29.2 Å². The summed E-state index contributed by atoms with van der Waals surface area (Å²) >= 11 is 1.54. The number of carbonyl (C=O) groups is 3. The molecule has 0 saturated carbocycles. The summed E-state index contributed by atoms with van der Waals surface area (Å²) in [5.41, 5.74) is -0.447. The highest BCUT2D eigenvalue weighted by atomic mass is 32.2. The van der Waals surface area contributed by atoms with Crippen molar-refractivity contribution in [1.29, 1.82) is 0 Å². The maximum Gasteiger partial charge on any atom is 0.311 e. The van der Waals surface area contributed by atoms with Crippen LogP contribution in [0.5, 0.6) is 0 Å². The Balaban J connectivity index is 1.85. The minimum absolute atomic E-state index is 0.000332. The average molecular weight is 519 g/mol. The zero-order chi connectivity index (χ0) is 26.6. The van der Waals surface area contributed by atoms with Crippen LogP contribution >= 0.6 is 11.8 Å². The Morgan fingerprint density at radius 2 is 1.83 bits per heavy atom. The van der Waals surface area contributed by atoms with Gasteiger partial charge in [0.15, 0.2) is 0 Å². The number of hydrogen-bond acceptors (Lipinski definition) is 6. The highest BCUT2D eigenvalue weighted by Gasteiger charge is 2.72. The SMILES string of the molecule is CC(C)C[C@H](CO)N1C(=O)[C@@H]2[C@@H]3C(=O)OCC=C[C@@H]3S[C@@]23C=CCN(C(C)(C)CC(C)(C)C)C(=O)C13. The van der Waals surface area contributed by atoms with Crippen molar-refractivity contribution < 1.29 is 24.2 Å². The third-order valence-electron chi connectivity index (χ3n) is 7.89. The van der Waals surface area contributed by atoms with Gasteiger partial charge >= 0.3 is 5.97 Å². The predicted octanol–water partition coefficient (Wildman–Crippen LogP) is 3.42. The number of esters is 1. The molecule has 4 aliphatic rings. The number of rotatable bonds is 6.